The van der Waals surface area contributed by atoms with Gasteiger partial charge in [0.1, 0.15) is 11.5 Å². The monoisotopic (exact) mass is 340 g/mol. The van der Waals surface area contributed by atoms with E-state index in [0.29, 0.717) is 17.5 Å². The molecule has 2 heterocycles. The number of hydrogen-bond donors (Lipinski definition) is 0. The van der Waals surface area contributed by atoms with E-state index in [-0.39, 0.29) is 5.91 Å². The number of carbonyl (C=O) groups is 1. The van der Waals surface area contributed by atoms with Crippen molar-refractivity contribution in [2.75, 3.05) is 20.2 Å². The van der Waals surface area contributed by atoms with E-state index >= 15 is 0 Å². The highest BCUT2D eigenvalue weighted by atomic mass is 16.5. The topological polar surface area (TPSA) is 55.6 Å². The number of carbonyl (C=O) groups excluding carboxylic acids is 1. The van der Waals surface area contributed by atoms with Crippen molar-refractivity contribution in [3.8, 4) is 5.75 Å². The van der Waals surface area contributed by atoms with E-state index in [2.05, 4.69) is 17.3 Å². The number of piperidine rings is 1. The minimum absolute atomic E-state index is 0.00592. The normalized spacial score (nSPS) is 18.4. The van der Waals surface area contributed by atoms with Crippen LogP contribution in [-0.2, 0) is 6.42 Å². The predicted octanol–water partition coefficient (Wildman–Crippen LogP) is 3.66. The zero-order chi connectivity index (χ0) is 17.2. The van der Waals surface area contributed by atoms with Crippen molar-refractivity contribution >= 4 is 5.91 Å². The van der Waals surface area contributed by atoms with E-state index in [0.717, 1.165) is 56.7 Å². The van der Waals surface area contributed by atoms with Crippen LogP contribution < -0.4 is 4.74 Å². The SMILES string of the molecule is COc1ccccc1CC1CCN(C(=O)c2cc(C3CC3)on2)CC1. The van der Waals surface area contributed by atoms with E-state index in [4.69, 9.17) is 9.26 Å². The fourth-order valence-electron chi connectivity index (χ4n) is 3.64. The lowest BCUT2D eigenvalue weighted by Gasteiger charge is -2.31. The first-order chi connectivity index (χ1) is 12.2. The number of likely N-dealkylation sites (tertiary alicyclic amines) is 1. The van der Waals surface area contributed by atoms with Crippen LogP contribution in [0, 0.1) is 5.92 Å². The summed E-state index contributed by atoms with van der Waals surface area (Å²) in [7, 11) is 1.72. The molecule has 132 valence electrons. The standard InChI is InChI=1S/C20H24N2O3/c1-24-18-5-3-2-4-16(18)12-14-8-10-22(11-9-14)20(23)17-13-19(25-21-17)15-6-7-15/h2-5,13-15H,6-12H2,1H3. The molecule has 1 aromatic carbocycles. The first-order valence-electron chi connectivity index (χ1n) is 9.12. The van der Waals surface area contributed by atoms with Gasteiger partial charge in [-0.1, -0.05) is 23.4 Å². The second-order valence-electron chi connectivity index (χ2n) is 7.14. The number of ether oxygens (including phenoxy) is 1. The third kappa shape index (κ3) is 3.55. The maximum Gasteiger partial charge on any atom is 0.276 e. The number of aromatic nitrogens is 1. The van der Waals surface area contributed by atoms with Gasteiger partial charge in [-0.15, -0.1) is 0 Å². The average Bonchev–Trinajstić information content (AvgIpc) is 3.39. The van der Waals surface area contributed by atoms with E-state index in [9.17, 15) is 4.79 Å². The molecule has 1 saturated carbocycles. The van der Waals surface area contributed by atoms with Crippen LogP contribution in [-0.4, -0.2) is 36.2 Å². The molecule has 2 aromatic rings. The quantitative estimate of drug-likeness (QED) is 0.833. The van der Waals surface area contributed by atoms with Crippen molar-refractivity contribution in [3.05, 3.63) is 47.3 Å². The van der Waals surface area contributed by atoms with Crippen molar-refractivity contribution in [2.24, 2.45) is 5.92 Å². The molecular formula is C20H24N2O3. The van der Waals surface area contributed by atoms with Gasteiger partial charge in [0.05, 0.1) is 7.11 Å². The fraction of sp³-hybridized carbons (Fsp3) is 0.500. The molecule has 1 aromatic heterocycles. The Morgan fingerprint density at radius 1 is 1.24 bits per heavy atom. The molecule has 1 amide bonds. The van der Waals surface area contributed by atoms with E-state index in [1.165, 1.54) is 5.56 Å². The highest BCUT2D eigenvalue weighted by Crippen LogP contribution is 2.40. The van der Waals surface area contributed by atoms with Gasteiger partial charge in [0.2, 0.25) is 0 Å². The molecule has 5 heteroatoms. The molecule has 0 unspecified atom stereocenters. The van der Waals surface area contributed by atoms with Crippen LogP contribution in [0.4, 0.5) is 0 Å². The van der Waals surface area contributed by atoms with Gasteiger partial charge in [0.25, 0.3) is 5.91 Å². The number of benzene rings is 1. The van der Waals surface area contributed by atoms with Crippen LogP contribution in [0.3, 0.4) is 0 Å². The smallest absolute Gasteiger partial charge is 0.276 e. The van der Waals surface area contributed by atoms with E-state index < -0.39 is 0 Å². The van der Waals surface area contributed by atoms with Gasteiger partial charge in [-0.3, -0.25) is 4.79 Å². The Morgan fingerprint density at radius 3 is 2.72 bits per heavy atom. The Morgan fingerprint density at radius 2 is 2.00 bits per heavy atom. The Balaban J connectivity index is 1.33. The van der Waals surface area contributed by atoms with Crippen molar-refractivity contribution in [2.45, 2.75) is 38.0 Å². The van der Waals surface area contributed by atoms with E-state index in [1.54, 1.807) is 7.11 Å². The Kier molecular flexibility index (Phi) is 4.47. The van der Waals surface area contributed by atoms with E-state index in [1.807, 2.05) is 23.1 Å². The van der Waals surface area contributed by atoms with Crippen LogP contribution in [0.1, 0.15) is 53.4 Å². The second kappa shape index (κ2) is 6.90. The average molecular weight is 340 g/mol. The summed E-state index contributed by atoms with van der Waals surface area (Å²) in [6.07, 6.45) is 5.32. The summed E-state index contributed by atoms with van der Waals surface area (Å²) in [5, 5.41) is 3.98. The summed E-state index contributed by atoms with van der Waals surface area (Å²) in [6, 6.07) is 10.0. The molecule has 0 N–H and O–H groups in total. The zero-order valence-electron chi connectivity index (χ0n) is 14.6. The minimum atomic E-state index is 0.00592. The molecule has 0 spiro atoms. The second-order valence-corrected chi connectivity index (χ2v) is 7.14. The molecule has 0 bridgehead atoms. The first-order valence-corrected chi connectivity index (χ1v) is 9.12. The number of methoxy groups -OCH3 is 1. The number of nitrogens with zero attached hydrogens (tertiary/aromatic N) is 2. The number of hydrogen-bond acceptors (Lipinski definition) is 4. The largest absolute Gasteiger partial charge is 0.496 e. The summed E-state index contributed by atoms with van der Waals surface area (Å²) in [6.45, 7) is 1.56. The molecule has 1 aliphatic heterocycles. The highest BCUT2D eigenvalue weighted by Gasteiger charge is 2.31. The number of para-hydroxylation sites is 1. The van der Waals surface area contributed by atoms with Crippen LogP contribution in [0.5, 0.6) is 5.75 Å². The fourth-order valence-corrected chi connectivity index (χ4v) is 3.64. The molecule has 2 fully saturated rings. The summed E-state index contributed by atoms with van der Waals surface area (Å²) in [5.74, 6) is 2.90. The van der Waals surface area contributed by atoms with Crippen molar-refractivity contribution in [3.63, 3.8) is 0 Å². The van der Waals surface area contributed by atoms with Gasteiger partial charge in [-0.25, -0.2) is 0 Å². The predicted molar refractivity (Wildman–Crippen MR) is 93.8 cm³/mol. The third-order valence-electron chi connectivity index (χ3n) is 5.33. The van der Waals surface area contributed by atoms with Crippen molar-refractivity contribution in [1.29, 1.82) is 0 Å². The molecular weight excluding hydrogens is 316 g/mol. The molecule has 5 nitrogen and oxygen atoms in total. The summed E-state index contributed by atoms with van der Waals surface area (Å²) < 4.78 is 10.8. The van der Waals surface area contributed by atoms with Gasteiger partial charge in [-0.05, 0) is 49.7 Å². The van der Waals surface area contributed by atoms with Gasteiger partial charge in [0.15, 0.2) is 5.69 Å². The van der Waals surface area contributed by atoms with Gasteiger partial charge >= 0.3 is 0 Å². The van der Waals surface area contributed by atoms with Crippen molar-refractivity contribution < 1.29 is 14.1 Å². The summed E-state index contributed by atoms with van der Waals surface area (Å²) in [5.41, 5.74) is 1.71. The molecule has 4 rings (SSSR count). The van der Waals surface area contributed by atoms with Crippen LogP contribution in [0.15, 0.2) is 34.9 Å². The van der Waals surface area contributed by atoms with Gasteiger partial charge in [0, 0.05) is 25.1 Å². The Hall–Kier alpha value is -2.30. The minimum Gasteiger partial charge on any atom is -0.496 e. The molecule has 1 aliphatic carbocycles. The zero-order valence-corrected chi connectivity index (χ0v) is 14.6. The molecule has 0 radical (unpaired) electrons. The highest BCUT2D eigenvalue weighted by molar-refractivity contribution is 5.92. The number of amides is 1. The Bertz CT molecular complexity index is 743. The summed E-state index contributed by atoms with van der Waals surface area (Å²) >= 11 is 0. The van der Waals surface area contributed by atoms with Crippen LogP contribution in [0.25, 0.3) is 0 Å². The lowest BCUT2D eigenvalue weighted by atomic mass is 9.89. The van der Waals surface area contributed by atoms with Gasteiger partial charge < -0.3 is 14.2 Å². The maximum absolute atomic E-state index is 12.6. The first kappa shape index (κ1) is 16.2. The molecule has 1 saturated heterocycles. The lowest BCUT2D eigenvalue weighted by molar-refractivity contribution is 0.0679. The Labute approximate surface area is 147 Å². The summed E-state index contributed by atoms with van der Waals surface area (Å²) in [4.78, 5) is 14.5. The van der Waals surface area contributed by atoms with Crippen LogP contribution >= 0.6 is 0 Å². The molecule has 0 atom stereocenters. The third-order valence-corrected chi connectivity index (χ3v) is 5.33. The maximum atomic E-state index is 12.6. The lowest BCUT2D eigenvalue weighted by Crippen LogP contribution is -2.39. The molecule has 25 heavy (non-hydrogen) atoms. The van der Waals surface area contributed by atoms with Crippen LogP contribution in [0.2, 0.25) is 0 Å². The molecule has 2 aliphatic rings. The number of rotatable bonds is 5. The van der Waals surface area contributed by atoms with Gasteiger partial charge in [-0.2, -0.15) is 0 Å². The van der Waals surface area contributed by atoms with Crippen molar-refractivity contribution in [1.82, 2.24) is 10.1 Å².